The number of aromatic carboxylic acids is 1. The van der Waals surface area contributed by atoms with Gasteiger partial charge in [0.2, 0.25) is 0 Å². The molecule has 6 heteroatoms. The first kappa shape index (κ1) is 15.4. The SMILES string of the molecule is CCCc1nc(N(CC)Cc2ccccn2)sc1C(=O)O. The summed E-state index contributed by atoms with van der Waals surface area (Å²) in [6.45, 7) is 5.45. The molecule has 5 nitrogen and oxygen atoms in total. The number of carbonyl (C=O) groups is 1. The van der Waals surface area contributed by atoms with Crippen molar-refractivity contribution >= 4 is 22.4 Å². The summed E-state index contributed by atoms with van der Waals surface area (Å²) in [5.74, 6) is -0.893. The van der Waals surface area contributed by atoms with Crippen molar-refractivity contribution in [3.63, 3.8) is 0 Å². The van der Waals surface area contributed by atoms with Crippen LogP contribution < -0.4 is 4.90 Å². The Kier molecular flexibility index (Phi) is 5.27. The molecule has 0 spiro atoms. The molecule has 0 saturated carbocycles. The van der Waals surface area contributed by atoms with Gasteiger partial charge in [-0.3, -0.25) is 4.98 Å². The molecule has 112 valence electrons. The van der Waals surface area contributed by atoms with E-state index in [0.717, 1.165) is 23.8 Å². The highest BCUT2D eigenvalue weighted by Gasteiger charge is 2.19. The predicted molar refractivity (Wildman–Crippen MR) is 84.0 cm³/mol. The first-order chi connectivity index (χ1) is 10.2. The van der Waals surface area contributed by atoms with E-state index >= 15 is 0 Å². The molecule has 0 amide bonds. The molecule has 0 aromatic carbocycles. The second-order valence-electron chi connectivity index (χ2n) is 4.66. The lowest BCUT2D eigenvalue weighted by Gasteiger charge is -2.19. The Labute approximate surface area is 128 Å². The van der Waals surface area contributed by atoms with Crippen LogP contribution in [-0.2, 0) is 13.0 Å². The molecule has 2 aromatic heterocycles. The topological polar surface area (TPSA) is 66.3 Å². The first-order valence-corrected chi connectivity index (χ1v) is 7.85. The standard InChI is InChI=1S/C15H19N3O2S/c1-3-7-12-13(14(19)20)21-15(17-12)18(4-2)10-11-8-5-6-9-16-11/h5-6,8-9H,3-4,7,10H2,1-2H3,(H,19,20). The van der Waals surface area contributed by atoms with E-state index < -0.39 is 5.97 Å². The summed E-state index contributed by atoms with van der Waals surface area (Å²) >= 11 is 1.25. The largest absolute Gasteiger partial charge is 0.477 e. The van der Waals surface area contributed by atoms with E-state index in [0.29, 0.717) is 23.5 Å². The van der Waals surface area contributed by atoms with Crippen molar-refractivity contribution in [1.82, 2.24) is 9.97 Å². The van der Waals surface area contributed by atoms with Crippen LogP contribution in [-0.4, -0.2) is 27.6 Å². The molecule has 0 fully saturated rings. The number of aryl methyl sites for hydroxylation is 1. The summed E-state index contributed by atoms with van der Waals surface area (Å²) in [5.41, 5.74) is 1.63. The molecule has 1 N–H and O–H groups in total. The summed E-state index contributed by atoms with van der Waals surface area (Å²) in [4.78, 5) is 22.6. The van der Waals surface area contributed by atoms with Crippen molar-refractivity contribution in [2.45, 2.75) is 33.2 Å². The minimum Gasteiger partial charge on any atom is -0.477 e. The van der Waals surface area contributed by atoms with Gasteiger partial charge in [-0.1, -0.05) is 30.7 Å². The second kappa shape index (κ2) is 7.17. The smallest absolute Gasteiger partial charge is 0.347 e. The number of carboxylic acids is 1. The van der Waals surface area contributed by atoms with E-state index in [9.17, 15) is 9.90 Å². The quantitative estimate of drug-likeness (QED) is 0.850. The Hall–Kier alpha value is -1.95. The lowest BCUT2D eigenvalue weighted by atomic mass is 10.2. The van der Waals surface area contributed by atoms with Crippen LogP contribution in [0.15, 0.2) is 24.4 Å². The maximum absolute atomic E-state index is 11.3. The van der Waals surface area contributed by atoms with E-state index in [2.05, 4.69) is 14.9 Å². The maximum Gasteiger partial charge on any atom is 0.347 e. The van der Waals surface area contributed by atoms with E-state index in [1.807, 2.05) is 32.0 Å². The molecule has 0 saturated heterocycles. The third-order valence-electron chi connectivity index (χ3n) is 3.10. The third-order valence-corrected chi connectivity index (χ3v) is 4.24. The Balaban J connectivity index is 2.25. The van der Waals surface area contributed by atoms with Gasteiger partial charge in [-0.15, -0.1) is 0 Å². The number of thiazole rings is 1. The Morgan fingerprint density at radius 1 is 1.38 bits per heavy atom. The normalized spacial score (nSPS) is 10.6. The molecule has 0 bridgehead atoms. The van der Waals surface area contributed by atoms with Gasteiger partial charge in [0, 0.05) is 12.7 Å². The van der Waals surface area contributed by atoms with E-state index in [-0.39, 0.29) is 0 Å². The first-order valence-electron chi connectivity index (χ1n) is 7.03. The molecule has 2 aromatic rings. The highest BCUT2D eigenvalue weighted by Crippen LogP contribution is 2.28. The third kappa shape index (κ3) is 3.78. The number of carboxylic acid groups (broad SMARTS) is 1. The van der Waals surface area contributed by atoms with Gasteiger partial charge < -0.3 is 10.0 Å². The van der Waals surface area contributed by atoms with Crippen molar-refractivity contribution in [3.8, 4) is 0 Å². The average molecular weight is 305 g/mol. The van der Waals surface area contributed by atoms with Gasteiger partial charge in [0.05, 0.1) is 17.9 Å². The highest BCUT2D eigenvalue weighted by molar-refractivity contribution is 7.17. The van der Waals surface area contributed by atoms with Crippen LogP contribution in [0.4, 0.5) is 5.13 Å². The zero-order chi connectivity index (χ0) is 15.2. The lowest BCUT2D eigenvalue weighted by Crippen LogP contribution is -2.22. The fourth-order valence-electron chi connectivity index (χ4n) is 2.05. The molecule has 2 rings (SSSR count). The summed E-state index contributed by atoms with van der Waals surface area (Å²) in [5, 5.41) is 10.0. The summed E-state index contributed by atoms with van der Waals surface area (Å²) in [7, 11) is 0. The lowest BCUT2D eigenvalue weighted by molar-refractivity contribution is 0.0700. The molecule has 0 aliphatic rings. The number of nitrogens with zero attached hydrogens (tertiary/aromatic N) is 3. The summed E-state index contributed by atoms with van der Waals surface area (Å²) in [6.07, 6.45) is 3.34. The van der Waals surface area contributed by atoms with Gasteiger partial charge in [-0.05, 0) is 25.5 Å². The molecule has 0 atom stereocenters. The van der Waals surface area contributed by atoms with Crippen molar-refractivity contribution in [3.05, 3.63) is 40.7 Å². The predicted octanol–water partition coefficient (Wildman–Crippen LogP) is 3.22. The molecule has 2 heterocycles. The Morgan fingerprint density at radius 3 is 2.76 bits per heavy atom. The van der Waals surface area contributed by atoms with E-state index in [1.54, 1.807) is 6.20 Å². The second-order valence-corrected chi connectivity index (χ2v) is 5.64. The maximum atomic E-state index is 11.3. The van der Waals surface area contributed by atoms with E-state index in [4.69, 9.17) is 0 Å². The van der Waals surface area contributed by atoms with Crippen LogP contribution in [0.2, 0.25) is 0 Å². The minimum atomic E-state index is -0.893. The van der Waals surface area contributed by atoms with Crippen LogP contribution in [0, 0.1) is 0 Å². The highest BCUT2D eigenvalue weighted by atomic mass is 32.1. The van der Waals surface area contributed by atoms with Gasteiger partial charge in [0.25, 0.3) is 0 Å². The van der Waals surface area contributed by atoms with E-state index in [1.165, 1.54) is 11.3 Å². The Morgan fingerprint density at radius 2 is 2.19 bits per heavy atom. The summed E-state index contributed by atoms with van der Waals surface area (Å²) in [6, 6.07) is 5.79. The fraction of sp³-hybridized carbons (Fsp3) is 0.400. The monoisotopic (exact) mass is 305 g/mol. The number of hydrogen-bond donors (Lipinski definition) is 1. The molecule has 0 radical (unpaired) electrons. The van der Waals surface area contributed by atoms with Gasteiger partial charge >= 0.3 is 5.97 Å². The van der Waals surface area contributed by atoms with Crippen molar-refractivity contribution in [2.24, 2.45) is 0 Å². The van der Waals surface area contributed by atoms with Gasteiger partial charge in [-0.2, -0.15) is 0 Å². The molecule has 0 unspecified atom stereocenters. The minimum absolute atomic E-state index is 0.353. The van der Waals surface area contributed by atoms with Crippen LogP contribution in [0.1, 0.15) is 41.3 Å². The van der Waals surface area contributed by atoms with Crippen LogP contribution in [0.25, 0.3) is 0 Å². The number of aromatic nitrogens is 2. The number of hydrogen-bond acceptors (Lipinski definition) is 5. The van der Waals surface area contributed by atoms with Crippen molar-refractivity contribution in [1.29, 1.82) is 0 Å². The average Bonchev–Trinajstić information content (AvgIpc) is 2.90. The zero-order valence-electron chi connectivity index (χ0n) is 12.2. The van der Waals surface area contributed by atoms with Crippen molar-refractivity contribution < 1.29 is 9.90 Å². The zero-order valence-corrected chi connectivity index (χ0v) is 13.1. The number of pyridine rings is 1. The van der Waals surface area contributed by atoms with Crippen LogP contribution in [0.5, 0.6) is 0 Å². The van der Waals surface area contributed by atoms with Gasteiger partial charge in [-0.25, -0.2) is 9.78 Å². The molecular formula is C15H19N3O2S. The molecule has 0 aliphatic carbocycles. The number of rotatable bonds is 7. The molecule has 0 aliphatic heterocycles. The van der Waals surface area contributed by atoms with Gasteiger partial charge in [0.15, 0.2) is 5.13 Å². The molecular weight excluding hydrogens is 286 g/mol. The number of anilines is 1. The Bertz CT molecular complexity index is 598. The van der Waals surface area contributed by atoms with Gasteiger partial charge in [0.1, 0.15) is 4.88 Å². The molecule has 21 heavy (non-hydrogen) atoms. The van der Waals surface area contributed by atoms with Crippen LogP contribution in [0.3, 0.4) is 0 Å². The fourth-order valence-corrected chi connectivity index (χ4v) is 3.06. The van der Waals surface area contributed by atoms with Crippen LogP contribution >= 0.6 is 11.3 Å². The van der Waals surface area contributed by atoms with Crippen molar-refractivity contribution in [2.75, 3.05) is 11.4 Å². The summed E-state index contributed by atoms with van der Waals surface area (Å²) < 4.78 is 0.